The molecule has 0 aliphatic heterocycles. The Hall–Kier alpha value is -1.92. The molecule has 0 aliphatic carbocycles. The molecular weight excluding hydrogens is 254 g/mol. The number of hydrogen-bond acceptors (Lipinski definition) is 6. The average Bonchev–Trinajstić information content (AvgIpc) is 2.42. The number of aromatic nitrogens is 2. The van der Waals surface area contributed by atoms with Gasteiger partial charge in [0.1, 0.15) is 12.1 Å². The molecule has 1 aromatic carbocycles. The lowest BCUT2D eigenvalue weighted by Crippen LogP contribution is -2.20. The van der Waals surface area contributed by atoms with Crippen LogP contribution >= 0.6 is 0 Å². The van der Waals surface area contributed by atoms with Crippen LogP contribution in [0.3, 0.4) is 0 Å². The Morgan fingerprint density at radius 3 is 2.90 bits per heavy atom. The van der Waals surface area contributed by atoms with Gasteiger partial charge in [0.15, 0.2) is 0 Å². The second kappa shape index (κ2) is 7.02. The first kappa shape index (κ1) is 14.5. The van der Waals surface area contributed by atoms with E-state index < -0.39 is 0 Å². The molecule has 0 bridgehead atoms. The van der Waals surface area contributed by atoms with Crippen molar-refractivity contribution >= 4 is 22.4 Å². The average molecular weight is 275 g/mol. The molecule has 0 amide bonds. The summed E-state index contributed by atoms with van der Waals surface area (Å²) >= 11 is 0. The zero-order valence-electron chi connectivity index (χ0n) is 12.0. The second-order valence-electron chi connectivity index (χ2n) is 4.84. The Kier molecular flexibility index (Phi) is 5.09. The highest BCUT2D eigenvalue weighted by molar-refractivity contribution is 5.90. The van der Waals surface area contributed by atoms with Crippen LogP contribution in [-0.4, -0.2) is 55.3 Å². The van der Waals surface area contributed by atoms with Crippen molar-refractivity contribution < 1.29 is 4.74 Å². The summed E-state index contributed by atoms with van der Waals surface area (Å²) in [4.78, 5) is 10.6. The third-order valence-corrected chi connectivity index (χ3v) is 2.88. The van der Waals surface area contributed by atoms with E-state index in [1.807, 2.05) is 32.3 Å². The van der Waals surface area contributed by atoms with E-state index >= 15 is 0 Å². The maximum atomic E-state index is 5.75. The molecule has 0 atom stereocenters. The van der Waals surface area contributed by atoms with Gasteiger partial charge in [0.25, 0.3) is 0 Å². The smallest absolute Gasteiger partial charge is 0.137 e. The number of hydrogen-bond donors (Lipinski definition) is 2. The lowest BCUT2D eigenvalue weighted by molar-refractivity contribution is 0.126. The van der Waals surface area contributed by atoms with Crippen LogP contribution in [0.5, 0.6) is 0 Å². The number of nitrogens with one attached hydrogen (secondary N) is 1. The lowest BCUT2D eigenvalue weighted by Gasteiger charge is -2.11. The van der Waals surface area contributed by atoms with Crippen LogP contribution in [0.25, 0.3) is 10.9 Å². The fraction of sp³-hybridized carbons (Fsp3) is 0.429. The molecule has 1 aromatic heterocycles. The van der Waals surface area contributed by atoms with Crippen LogP contribution in [-0.2, 0) is 4.74 Å². The third kappa shape index (κ3) is 4.04. The summed E-state index contributed by atoms with van der Waals surface area (Å²) in [6, 6.07) is 5.63. The van der Waals surface area contributed by atoms with Crippen LogP contribution in [0, 0.1) is 0 Å². The summed E-state index contributed by atoms with van der Waals surface area (Å²) in [5, 5.41) is 4.23. The molecule has 0 saturated carbocycles. The number of nitrogens with two attached hydrogens (primary N) is 1. The minimum Gasteiger partial charge on any atom is -0.399 e. The van der Waals surface area contributed by atoms with Crippen molar-refractivity contribution in [2.45, 2.75) is 0 Å². The second-order valence-corrected chi connectivity index (χ2v) is 4.84. The Morgan fingerprint density at radius 2 is 2.10 bits per heavy atom. The van der Waals surface area contributed by atoms with Crippen molar-refractivity contribution in [1.29, 1.82) is 0 Å². The van der Waals surface area contributed by atoms with Crippen LogP contribution in [0.1, 0.15) is 0 Å². The van der Waals surface area contributed by atoms with E-state index in [0.29, 0.717) is 18.8 Å². The van der Waals surface area contributed by atoms with E-state index in [9.17, 15) is 0 Å². The van der Waals surface area contributed by atoms with Crippen molar-refractivity contribution in [3.63, 3.8) is 0 Å². The Balaban J connectivity index is 1.87. The van der Waals surface area contributed by atoms with Gasteiger partial charge in [-0.25, -0.2) is 9.97 Å². The molecule has 20 heavy (non-hydrogen) atoms. The van der Waals surface area contributed by atoms with Crippen molar-refractivity contribution in [2.75, 3.05) is 51.4 Å². The highest BCUT2D eigenvalue weighted by atomic mass is 16.5. The molecule has 0 aliphatic rings. The fourth-order valence-electron chi connectivity index (χ4n) is 1.81. The van der Waals surface area contributed by atoms with Crippen LogP contribution in [0.15, 0.2) is 24.5 Å². The summed E-state index contributed by atoms with van der Waals surface area (Å²) in [5.41, 5.74) is 7.30. The van der Waals surface area contributed by atoms with Crippen molar-refractivity contribution in [2.24, 2.45) is 0 Å². The van der Waals surface area contributed by atoms with Gasteiger partial charge in [-0.15, -0.1) is 0 Å². The summed E-state index contributed by atoms with van der Waals surface area (Å²) in [7, 11) is 4.06. The van der Waals surface area contributed by atoms with E-state index in [1.54, 1.807) is 0 Å². The van der Waals surface area contributed by atoms with E-state index in [1.165, 1.54) is 6.33 Å². The zero-order valence-corrected chi connectivity index (χ0v) is 12.0. The van der Waals surface area contributed by atoms with Gasteiger partial charge in [0.2, 0.25) is 0 Å². The summed E-state index contributed by atoms with van der Waals surface area (Å²) in [6.45, 7) is 3.02. The number of benzene rings is 1. The largest absolute Gasteiger partial charge is 0.399 e. The number of anilines is 2. The molecule has 6 nitrogen and oxygen atoms in total. The number of nitrogens with zero attached hydrogens (tertiary/aromatic N) is 3. The molecule has 0 saturated heterocycles. The molecule has 0 spiro atoms. The molecule has 1 heterocycles. The molecule has 6 heteroatoms. The molecule has 2 rings (SSSR count). The minimum absolute atomic E-state index is 0.647. The van der Waals surface area contributed by atoms with Crippen molar-refractivity contribution in [3.05, 3.63) is 24.5 Å². The number of likely N-dealkylation sites (N-methyl/N-ethyl adjacent to an activating group) is 1. The maximum Gasteiger partial charge on any atom is 0.137 e. The van der Waals surface area contributed by atoms with Gasteiger partial charge >= 0.3 is 0 Å². The summed E-state index contributed by atoms with van der Waals surface area (Å²) in [6.07, 6.45) is 1.54. The predicted molar refractivity (Wildman–Crippen MR) is 81.8 cm³/mol. The van der Waals surface area contributed by atoms with Gasteiger partial charge < -0.3 is 20.7 Å². The monoisotopic (exact) mass is 275 g/mol. The van der Waals surface area contributed by atoms with E-state index in [-0.39, 0.29) is 0 Å². The first-order valence-corrected chi connectivity index (χ1v) is 6.63. The van der Waals surface area contributed by atoms with E-state index in [0.717, 1.165) is 29.9 Å². The molecule has 108 valence electrons. The van der Waals surface area contributed by atoms with E-state index in [4.69, 9.17) is 10.5 Å². The minimum atomic E-state index is 0.647. The summed E-state index contributed by atoms with van der Waals surface area (Å²) in [5.74, 6) is 0.811. The quantitative estimate of drug-likeness (QED) is 0.584. The van der Waals surface area contributed by atoms with Gasteiger partial charge in [-0.05, 0) is 32.3 Å². The standard InChI is InChI=1S/C14H21N5O/c1-19(2)6-8-20-7-5-16-14-12-4-3-11(15)9-13(12)17-10-18-14/h3-4,9-10H,5-8,15H2,1-2H3,(H,16,17,18). The Labute approximate surface area is 119 Å². The third-order valence-electron chi connectivity index (χ3n) is 2.88. The molecule has 0 unspecified atom stereocenters. The highest BCUT2D eigenvalue weighted by Crippen LogP contribution is 2.20. The van der Waals surface area contributed by atoms with Gasteiger partial charge in [0.05, 0.1) is 18.7 Å². The SMILES string of the molecule is CN(C)CCOCCNc1ncnc2cc(N)ccc12. The van der Waals surface area contributed by atoms with E-state index in [2.05, 4.69) is 20.2 Å². The van der Waals surface area contributed by atoms with Gasteiger partial charge in [0, 0.05) is 24.2 Å². The molecular formula is C14H21N5O. The molecule has 0 fully saturated rings. The van der Waals surface area contributed by atoms with Gasteiger partial charge in [-0.3, -0.25) is 0 Å². The molecule has 2 aromatic rings. The van der Waals surface area contributed by atoms with Gasteiger partial charge in [-0.2, -0.15) is 0 Å². The van der Waals surface area contributed by atoms with Crippen LogP contribution < -0.4 is 11.1 Å². The molecule has 3 N–H and O–H groups in total. The predicted octanol–water partition coefficient (Wildman–Crippen LogP) is 1.20. The number of fused-ring (bicyclic) bond motifs is 1. The molecule has 0 radical (unpaired) electrons. The Bertz CT molecular complexity index is 558. The number of nitrogen functional groups attached to an aromatic ring is 1. The first-order chi connectivity index (χ1) is 9.66. The van der Waals surface area contributed by atoms with Crippen LogP contribution in [0.2, 0.25) is 0 Å². The zero-order chi connectivity index (χ0) is 14.4. The Morgan fingerprint density at radius 1 is 1.25 bits per heavy atom. The van der Waals surface area contributed by atoms with Gasteiger partial charge in [-0.1, -0.05) is 0 Å². The number of rotatable bonds is 7. The topological polar surface area (TPSA) is 76.3 Å². The van der Waals surface area contributed by atoms with Crippen LogP contribution in [0.4, 0.5) is 11.5 Å². The fourth-order valence-corrected chi connectivity index (χ4v) is 1.81. The number of ether oxygens (including phenoxy) is 1. The van der Waals surface area contributed by atoms with Crippen molar-refractivity contribution in [3.8, 4) is 0 Å². The highest BCUT2D eigenvalue weighted by Gasteiger charge is 2.03. The van der Waals surface area contributed by atoms with Crippen molar-refractivity contribution in [1.82, 2.24) is 14.9 Å². The summed E-state index contributed by atoms with van der Waals surface area (Å²) < 4.78 is 5.53. The lowest BCUT2D eigenvalue weighted by atomic mass is 10.2. The first-order valence-electron chi connectivity index (χ1n) is 6.63. The normalized spacial score (nSPS) is 11.2. The maximum absolute atomic E-state index is 5.75.